The third-order valence-corrected chi connectivity index (χ3v) is 5.97. The zero-order valence-corrected chi connectivity index (χ0v) is 17.9. The van der Waals surface area contributed by atoms with E-state index >= 15 is 0 Å². The summed E-state index contributed by atoms with van der Waals surface area (Å²) in [5.74, 6) is 0.998. The fourth-order valence-corrected chi connectivity index (χ4v) is 4.28. The molecule has 1 heterocycles. The van der Waals surface area contributed by atoms with E-state index in [0.29, 0.717) is 24.1 Å². The molecular weight excluding hydrogens is 369 g/mol. The molecule has 1 atom stereocenters. The highest BCUT2D eigenvalue weighted by molar-refractivity contribution is 5.81. The number of carbonyl (C=O) groups is 1. The molecule has 3 rings (SSSR count). The molecule has 7 heteroatoms. The van der Waals surface area contributed by atoms with Crippen molar-refractivity contribution in [3.63, 3.8) is 0 Å². The lowest BCUT2D eigenvalue weighted by atomic mass is 9.88. The van der Waals surface area contributed by atoms with Gasteiger partial charge < -0.3 is 20.4 Å². The zero-order chi connectivity index (χ0) is 20.8. The van der Waals surface area contributed by atoms with Gasteiger partial charge in [-0.1, -0.05) is 25.3 Å². The smallest absolute Gasteiger partial charge is 0.225 e. The third kappa shape index (κ3) is 5.61. The third-order valence-electron chi connectivity index (χ3n) is 5.97. The van der Waals surface area contributed by atoms with Crippen molar-refractivity contribution in [1.82, 2.24) is 15.5 Å². The van der Waals surface area contributed by atoms with Gasteiger partial charge in [-0.25, -0.2) is 4.39 Å². The van der Waals surface area contributed by atoms with Gasteiger partial charge in [0.1, 0.15) is 5.82 Å². The van der Waals surface area contributed by atoms with Crippen molar-refractivity contribution in [1.29, 1.82) is 0 Å². The van der Waals surface area contributed by atoms with Crippen molar-refractivity contribution in [2.24, 2.45) is 10.9 Å². The largest absolute Gasteiger partial charge is 0.375 e. The molecule has 2 fully saturated rings. The quantitative estimate of drug-likeness (QED) is 0.586. The van der Waals surface area contributed by atoms with Crippen LogP contribution in [-0.2, 0) is 11.3 Å². The van der Waals surface area contributed by atoms with Gasteiger partial charge in [-0.3, -0.25) is 9.79 Å². The Balaban J connectivity index is 1.48. The molecule has 2 N–H and O–H groups in total. The van der Waals surface area contributed by atoms with Crippen LogP contribution < -0.4 is 15.5 Å². The maximum atomic E-state index is 14.2. The molecule has 6 nitrogen and oxygen atoms in total. The summed E-state index contributed by atoms with van der Waals surface area (Å²) >= 11 is 0. The number of carbonyl (C=O) groups excluding carboxylic acids is 1. The van der Waals surface area contributed by atoms with Gasteiger partial charge in [0, 0.05) is 52.7 Å². The first kappa shape index (κ1) is 21.4. The van der Waals surface area contributed by atoms with Gasteiger partial charge in [0.2, 0.25) is 5.91 Å². The topological polar surface area (TPSA) is 60.0 Å². The molecule has 0 bridgehead atoms. The molecular formula is C22H34FN5O. The average Bonchev–Trinajstić information content (AvgIpc) is 3.19. The van der Waals surface area contributed by atoms with Crippen molar-refractivity contribution < 1.29 is 9.18 Å². The number of likely N-dealkylation sites (tertiary alicyclic amines) is 1. The number of amides is 1. The molecule has 1 saturated heterocycles. The van der Waals surface area contributed by atoms with Crippen molar-refractivity contribution >= 4 is 17.6 Å². The molecule has 1 aliphatic heterocycles. The van der Waals surface area contributed by atoms with Crippen molar-refractivity contribution in [3.05, 3.63) is 29.6 Å². The minimum Gasteiger partial charge on any atom is -0.375 e. The minimum atomic E-state index is -0.232. The fraction of sp³-hybridized carbons (Fsp3) is 0.636. The van der Waals surface area contributed by atoms with Gasteiger partial charge in [0.25, 0.3) is 0 Å². The van der Waals surface area contributed by atoms with Crippen LogP contribution in [0.5, 0.6) is 0 Å². The molecule has 1 saturated carbocycles. The molecule has 0 radical (unpaired) electrons. The highest BCUT2D eigenvalue weighted by atomic mass is 19.1. The summed E-state index contributed by atoms with van der Waals surface area (Å²) in [5, 5.41) is 6.66. The second-order valence-electron chi connectivity index (χ2n) is 8.36. The number of guanidine groups is 1. The summed E-state index contributed by atoms with van der Waals surface area (Å²) in [5.41, 5.74) is 1.43. The van der Waals surface area contributed by atoms with Crippen molar-refractivity contribution in [3.8, 4) is 0 Å². The average molecular weight is 404 g/mol. The Morgan fingerprint density at radius 2 is 2.00 bits per heavy atom. The first-order valence-corrected chi connectivity index (χ1v) is 10.7. The number of nitrogens with zero attached hydrogens (tertiary/aromatic N) is 3. The normalized spacial score (nSPS) is 20.6. The maximum Gasteiger partial charge on any atom is 0.225 e. The summed E-state index contributed by atoms with van der Waals surface area (Å²) < 4.78 is 14.2. The number of rotatable bonds is 5. The Morgan fingerprint density at radius 1 is 1.24 bits per heavy atom. The van der Waals surface area contributed by atoms with E-state index in [0.717, 1.165) is 37.9 Å². The summed E-state index contributed by atoms with van der Waals surface area (Å²) in [6, 6.07) is 5.45. The van der Waals surface area contributed by atoms with Gasteiger partial charge in [-0.15, -0.1) is 0 Å². The van der Waals surface area contributed by atoms with Gasteiger partial charge in [0.05, 0.1) is 5.69 Å². The Kier molecular flexibility index (Phi) is 7.34. The Bertz CT molecular complexity index is 730. The molecule has 1 aromatic rings. The SMILES string of the molecule is CN=C(NCc1ccc(N(C)C)c(F)c1)NC1CCN(C(=O)C2CCCCC2)C1. The van der Waals surface area contributed by atoms with E-state index < -0.39 is 0 Å². The maximum absolute atomic E-state index is 14.2. The molecule has 1 amide bonds. The first-order chi connectivity index (χ1) is 14.0. The molecule has 1 aliphatic carbocycles. The highest BCUT2D eigenvalue weighted by Gasteiger charge is 2.31. The standard InChI is InChI=1S/C22H34FN5O/c1-24-22(25-14-16-9-10-20(27(2)3)19(23)13-16)26-18-11-12-28(15-18)21(29)17-7-5-4-6-8-17/h9-10,13,17-18H,4-8,11-12,14-15H2,1-3H3,(H2,24,25,26). The molecule has 0 spiro atoms. The molecule has 160 valence electrons. The van der Waals surface area contributed by atoms with E-state index in [2.05, 4.69) is 15.6 Å². The van der Waals surface area contributed by atoms with Gasteiger partial charge in [0.15, 0.2) is 5.96 Å². The van der Waals surface area contributed by atoms with E-state index in [1.165, 1.54) is 19.3 Å². The Hall–Kier alpha value is -2.31. The number of hydrogen-bond acceptors (Lipinski definition) is 3. The molecule has 2 aliphatic rings. The molecule has 1 unspecified atom stereocenters. The van der Waals surface area contributed by atoms with Crippen LogP contribution in [0.3, 0.4) is 0 Å². The van der Waals surface area contributed by atoms with Crippen LogP contribution in [0.2, 0.25) is 0 Å². The monoisotopic (exact) mass is 403 g/mol. The van der Waals surface area contributed by atoms with Crippen LogP contribution in [0.1, 0.15) is 44.1 Å². The van der Waals surface area contributed by atoms with Crippen molar-refractivity contribution in [2.45, 2.75) is 51.1 Å². The molecule has 1 aromatic carbocycles. The van der Waals surface area contributed by atoms with Crippen LogP contribution >= 0.6 is 0 Å². The lowest BCUT2D eigenvalue weighted by Crippen LogP contribution is -2.45. The van der Waals surface area contributed by atoms with Gasteiger partial charge in [-0.2, -0.15) is 0 Å². The molecule has 29 heavy (non-hydrogen) atoms. The number of nitrogens with one attached hydrogen (secondary N) is 2. The van der Waals surface area contributed by atoms with E-state index in [9.17, 15) is 9.18 Å². The predicted octanol–water partition coefficient (Wildman–Crippen LogP) is 2.74. The fourth-order valence-electron chi connectivity index (χ4n) is 4.28. The minimum absolute atomic E-state index is 0.196. The predicted molar refractivity (Wildman–Crippen MR) is 116 cm³/mol. The summed E-state index contributed by atoms with van der Waals surface area (Å²) in [7, 11) is 5.38. The van der Waals surface area contributed by atoms with Crippen LogP contribution in [0.25, 0.3) is 0 Å². The highest BCUT2D eigenvalue weighted by Crippen LogP contribution is 2.26. The lowest BCUT2D eigenvalue weighted by Gasteiger charge is -2.26. The van der Waals surface area contributed by atoms with Crippen LogP contribution in [0.15, 0.2) is 23.2 Å². The van der Waals surface area contributed by atoms with E-state index in [1.54, 1.807) is 24.1 Å². The Labute approximate surface area is 173 Å². The second-order valence-corrected chi connectivity index (χ2v) is 8.36. The Morgan fingerprint density at radius 3 is 2.66 bits per heavy atom. The lowest BCUT2D eigenvalue weighted by molar-refractivity contribution is -0.135. The van der Waals surface area contributed by atoms with Crippen LogP contribution in [-0.4, -0.2) is 57.0 Å². The van der Waals surface area contributed by atoms with Gasteiger partial charge in [-0.05, 0) is 37.0 Å². The number of anilines is 1. The van der Waals surface area contributed by atoms with E-state index in [1.807, 2.05) is 25.1 Å². The van der Waals surface area contributed by atoms with Gasteiger partial charge >= 0.3 is 0 Å². The number of halogens is 1. The number of hydrogen-bond donors (Lipinski definition) is 2. The molecule has 0 aromatic heterocycles. The first-order valence-electron chi connectivity index (χ1n) is 10.7. The number of benzene rings is 1. The van der Waals surface area contributed by atoms with E-state index in [-0.39, 0.29) is 17.8 Å². The summed E-state index contributed by atoms with van der Waals surface area (Å²) in [4.78, 5) is 20.8. The van der Waals surface area contributed by atoms with Crippen molar-refractivity contribution in [2.75, 3.05) is 39.1 Å². The summed E-state index contributed by atoms with van der Waals surface area (Å²) in [6.45, 7) is 2.02. The second kappa shape index (κ2) is 9.94. The zero-order valence-electron chi connectivity index (χ0n) is 17.9. The summed E-state index contributed by atoms with van der Waals surface area (Å²) in [6.07, 6.45) is 6.62. The van der Waals surface area contributed by atoms with Crippen LogP contribution in [0, 0.1) is 11.7 Å². The number of aliphatic imine (C=N–C) groups is 1. The van der Waals surface area contributed by atoms with E-state index in [4.69, 9.17) is 0 Å². The van der Waals surface area contributed by atoms with Crippen LogP contribution in [0.4, 0.5) is 10.1 Å².